The SMILES string of the molecule is CN=C(NCc1ccccc1CN(C)Cc1ccco1)N1CCC(COC)C1. The molecule has 0 aliphatic carbocycles. The minimum absolute atomic E-state index is 0.589. The lowest BCUT2D eigenvalue weighted by atomic mass is 10.1. The topological polar surface area (TPSA) is 53.2 Å². The largest absolute Gasteiger partial charge is 0.468 e. The summed E-state index contributed by atoms with van der Waals surface area (Å²) in [6.45, 7) is 5.28. The van der Waals surface area contributed by atoms with Crippen LogP contribution in [0.5, 0.6) is 0 Å². The van der Waals surface area contributed by atoms with Gasteiger partial charge < -0.3 is 19.4 Å². The lowest BCUT2D eigenvalue weighted by Crippen LogP contribution is -2.40. The molecule has 0 saturated carbocycles. The number of methoxy groups -OCH3 is 1. The maximum atomic E-state index is 5.46. The minimum Gasteiger partial charge on any atom is -0.468 e. The third kappa shape index (κ3) is 5.59. The zero-order valence-electron chi connectivity index (χ0n) is 17.2. The van der Waals surface area contributed by atoms with Crippen molar-refractivity contribution in [1.29, 1.82) is 0 Å². The van der Waals surface area contributed by atoms with Crippen LogP contribution in [0.15, 0.2) is 52.1 Å². The van der Waals surface area contributed by atoms with E-state index in [0.717, 1.165) is 57.5 Å². The molecule has 6 nitrogen and oxygen atoms in total. The first-order valence-corrected chi connectivity index (χ1v) is 9.91. The second-order valence-corrected chi connectivity index (χ2v) is 7.48. The van der Waals surface area contributed by atoms with Crippen LogP contribution >= 0.6 is 0 Å². The number of guanidine groups is 1. The molecule has 2 heterocycles. The van der Waals surface area contributed by atoms with Crippen LogP contribution in [0, 0.1) is 5.92 Å². The van der Waals surface area contributed by atoms with E-state index in [1.54, 1.807) is 13.4 Å². The van der Waals surface area contributed by atoms with E-state index in [1.807, 2.05) is 19.2 Å². The van der Waals surface area contributed by atoms with Crippen molar-refractivity contribution in [3.8, 4) is 0 Å². The van der Waals surface area contributed by atoms with Gasteiger partial charge in [-0.3, -0.25) is 9.89 Å². The van der Waals surface area contributed by atoms with Gasteiger partial charge in [-0.15, -0.1) is 0 Å². The van der Waals surface area contributed by atoms with Gasteiger partial charge in [0.15, 0.2) is 5.96 Å². The molecule has 1 aromatic carbocycles. The van der Waals surface area contributed by atoms with E-state index in [1.165, 1.54) is 11.1 Å². The Labute approximate surface area is 168 Å². The number of rotatable bonds is 8. The van der Waals surface area contributed by atoms with Crippen LogP contribution in [0.4, 0.5) is 0 Å². The van der Waals surface area contributed by atoms with Crippen molar-refractivity contribution in [2.24, 2.45) is 10.9 Å². The van der Waals surface area contributed by atoms with Gasteiger partial charge in [-0.05, 0) is 36.7 Å². The van der Waals surface area contributed by atoms with Crippen molar-refractivity contribution >= 4 is 5.96 Å². The summed E-state index contributed by atoms with van der Waals surface area (Å²) in [7, 11) is 5.75. The molecule has 2 aromatic rings. The number of aliphatic imine (C=N–C) groups is 1. The molecule has 1 aliphatic heterocycles. The quantitative estimate of drug-likeness (QED) is 0.560. The Kier molecular flexibility index (Phi) is 7.51. The van der Waals surface area contributed by atoms with Gasteiger partial charge in [0.2, 0.25) is 0 Å². The third-order valence-electron chi connectivity index (χ3n) is 5.20. The van der Waals surface area contributed by atoms with Crippen LogP contribution < -0.4 is 5.32 Å². The van der Waals surface area contributed by atoms with Gasteiger partial charge in [-0.1, -0.05) is 24.3 Å². The maximum Gasteiger partial charge on any atom is 0.193 e. The first kappa shape index (κ1) is 20.4. The molecule has 152 valence electrons. The van der Waals surface area contributed by atoms with E-state index in [4.69, 9.17) is 9.15 Å². The van der Waals surface area contributed by atoms with Gasteiger partial charge in [-0.25, -0.2) is 0 Å². The Morgan fingerprint density at radius 3 is 2.79 bits per heavy atom. The maximum absolute atomic E-state index is 5.46. The van der Waals surface area contributed by atoms with Crippen LogP contribution in [0.25, 0.3) is 0 Å². The fourth-order valence-electron chi connectivity index (χ4n) is 3.80. The number of hydrogen-bond acceptors (Lipinski definition) is 4. The van der Waals surface area contributed by atoms with E-state index in [2.05, 4.69) is 51.4 Å². The molecular weight excluding hydrogens is 352 g/mol. The highest BCUT2D eigenvalue weighted by atomic mass is 16.5. The average molecular weight is 385 g/mol. The number of hydrogen-bond donors (Lipinski definition) is 1. The lowest BCUT2D eigenvalue weighted by Gasteiger charge is -2.23. The fourth-order valence-corrected chi connectivity index (χ4v) is 3.80. The van der Waals surface area contributed by atoms with Gasteiger partial charge in [0.25, 0.3) is 0 Å². The standard InChI is InChI=1S/C22H32N4O2/c1-23-22(26-11-10-18(14-26)17-27-3)24-13-19-7-4-5-8-20(19)15-25(2)16-21-9-6-12-28-21/h4-9,12,18H,10-11,13-17H2,1-3H3,(H,23,24). The first-order valence-electron chi connectivity index (χ1n) is 9.91. The van der Waals surface area contributed by atoms with Crippen molar-refractivity contribution in [2.45, 2.75) is 26.1 Å². The molecule has 3 rings (SSSR count). The summed E-state index contributed by atoms with van der Waals surface area (Å²) in [5.74, 6) is 2.54. The monoisotopic (exact) mass is 384 g/mol. The zero-order valence-corrected chi connectivity index (χ0v) is 17.2. The Hall–Kier alpha value is -2.31. The van der Waals surface area contributed by atoms with E-state index in [-0.39, 0.29) is 0 Å². The molecule has 0 radical (unpaired) electrons. The van der Waals surface area contributed by atoms with Crippen LogP contribution in [0.3, 0.4) is 0 Å². The first-order chi connectivity index (χ1) is 13.7. The molecule has 28 heavy (non-hydrogen) atoms. The second kappa shape index (κ2) is 10.3. The fraction of sp³-hybridized carbons (Fsp3) is 0.500. The number of benzene rings is 1. The molecule has 1 fully saturated rings. The van der Waals surface area contributed by atoms with Crippen molar-refractivity contribution in [3.63, 3.8) is 0 Å². The molecule has 1 N–H and O–H groups in total. The van der Waals surface area contributed by atoms with Crippen LogP contribution in [-0.4, -0.2) is 56.7 Å². The van der Waals surface area contributed by atoms with Gasteiger partial charge in [0, 0.05) is 46.3 Å². The summed E-state index contributed by atoms with van der Waals surface area (Å²) >= 11 is 0. The molecule has 6 heteroatoms. The summed E-state index contributed by atoms with van der Waals surface area (Å²) < 4.78 is 10.8. The van der Waals surface area contributed by atoms with Crippen LogP contribution in [-0.2, 0) is 24.4 Å². The van der Waals surface area contributed by atoms with Gasteiger partial charge >= 0.3 is 0 Å². The van der Waals surface area contributed by atoms with Gasteiger partial charge in [0.05, 0.1) is 19.4 Å². The molecule has 1 saturated heterocycles. The Morgan fingerprint density at radius 1 is 1.25 bits per heavy atom. The highest BCUT2D eigenvalue weighted by Gasteiger charge is 2.24. The molecule has 1 aliphatic rings. The molecular formula is C22H32N4O2. The summed E-state index contributed by atoms with van der Waals surface area (Å²) in [6.07, 6.45) is 2.88. The zero-order chi connectivity index (χ0) is 19.8. The van der Waals surface area contributed by atoms with E-state index in [0.29, 0.717) is 5.92 Å². The Balaban J connectivity index is 1.56. The highest BCUT2D eigenvalue weighted by molar-refractivity contribution is 5.80. The average Bonchev–Trinajstić information content (AvgIpc) is 3.36. The molecule has 0 bridgehead atoms. The van der Waals surface area contributed by atoms with Crippen molar-refractivity contribution in [3.05, 3.63) is 59.5 Å². The van der Waals surface area contributed by atoms with Gasteiger partial charge in [-0.2, -0.15) is 0 Å². The predicted molar refractivity (Wildman–Crippen MR) is 112 cm³/mol. The molecule has 1 unspecified atom stereocenters. The lowest BCUT2D eigenvalue weighted by molar-refractivity contribution is 0.157. The molecule has 0 spiro atoms. The number of nitrogens with one attached hydrogen (secondary N) is 1. The van der Waals surface area contributed by atoms with Crippen molar-refractivity contribution in [2.75, 3.05) is 40.9 Å². The summed E-state index contributed by atoms with van der Waals surface area (Å²) in [4.78, 5) is 9.08. The number of furan rings is 1. The highest BCUT2D eigenvalue weighted by Crippen LogP contribution is 2.17. The minimum atomic E-state index is 0.589. The summed E-state index contributed by atoms with van der Waals surface area (Å²) in [5, 5.41) is 3.55. The van der Waals surface area contributed by atoms with E-state index < -0.39 is 0 Å². The van der Waals surface area contributed by atoms with Gasteiger partial charge in [0.1, 0.15) is 5.76 Å². The predicted octanol–water partition coefficient (Wildman–Crippen LogP) is 2.96. The molecule has 1 aromatic heterocycles. The van der Waals surface area contributed by atoms with Crippen LogP contribution in [0.2, 0.25) is 0 Å². The summed E-state index contributed by atoms with van der Waals surface area (Å²) in [5.41, 5.74) is 2.61. The van der Waals surface area contributed by atoms with Crippen LogP contribution in [0.1, 0.15) is 23.3 Å². The molecule has 0 amide bonds. The molecule has 1 atom stereocenters. The Morgan fingerprint density at radius 2 is 2.07 bits per heavy atom. The smallest absolute Gasteiger partial charge is 0.193 e. The number of likely N-dealkylation sites (tertiary alicyclic amines) is 1. The Bertz CT molecular complexity index is 745. The van der Waals surface area contributed by atoms with E-state index in [9.17, 15) is 0 Å². The number of ether oxygens (including phenoxy) is 1. The third-order valence-corrected chi connectivity index (χ3v) is 5.20. The van der Waals surface area contributed by atoms with E-state index >= 15 is 0 Å². The normalized spacial score (nSPS) is 17.5. The summed E-state index contributed by atoms with van der Waals surface area (Å²) in [6, 6.07) is 12.5. The second-order valence-electron chi connectivity index (χ2n) is 7.48. The van der Waals surface area contributed by atoms with Crippen molar-refractivity contribution in [1.82, 2.24) is 15.1 Å². The number of nitrogens with zero attached hydrogens (tertiary/aromatic N) is 3. The van der Waals surface area contributed by atoms with Crippen molar-refractivity contribution < 1.29 is 9.15 Å².